The Balaban J connectivity index is 2.92. The van der Waals surface area contributed by atoms with Gasteiger partial charge in [-0.25, -0.2) is 0 Å². The first-order valence-electron chi connectivity index (χ1n) is 5.50. The molecule has 2 atom stereocenters. The van der Waals surface area contributed by atoms with Gasteiger partial charge in [0.05, 0.1) is 6.07 Å². The summed E-state index contributed by atoms with van der Waals surface area (Å²) in [6, 6.07) is 8.48. The van der Waals surface area contributed by atoms with E-state index in [-0.39, 0.29) is 6.04 Å². The summed E-state index contributed by atoms with van der Waals surface area (Å²) in [4.78, 5) is 0. The monoisotopic (exact) mass is 280 g/mol. The van der Waals surface area contributed by atoms with Gasteiger partial charge in [-0.1, -0.05) is 35.0 Å². The zero-order chi connectivity index (χ0) is 12.1. The molecule has 1 aromatic carbocycles. The molecule has 1 aromatic rings. The van der Waals surface area contributed by atoms with Crippen molar-refractivity contribution in [3.63, 3.8) is 0 Å². The number of halogens is 1. The predicted molar refractivity (Wildman–Crippen MR) is 70.1 cm³/mol. The van der Waals surface area contributed by atoms with Crippen LogP contribution in [0.2, 0.25) is 0 Å². The topological polar surface area (TPSA) is 35.8 Å². The van der Waals surface area contributed by atoms with Crippen molar-refractivity contribution in [2.75, 3.05) is 0 Å². The van der Waals surface area contributed by atoms with Gasteiger partial charge in [0.1, 0.15) is 6.04 Å². The van der Waals surface area contributed by atoms with Gasteiger partial charge in [-0.15, -0.1) is 0 Å². The normalized spacial score (nSPS) is 14.2. The molecule has 0 bridgehead atoms. The van der Waals surface area contributed by atoms with Crippen LogP contribution in [0, 0.1) is 18.3 Å². The van der Waals surface area contributed by atoms with E-state index < -0.39 is 0 Å². The summed E-state index contributed by atoms with van der Waals surface area (Å²) in [7, 11) is 0. The third-order valence-corrected chi connectivity index (χ3v) is 3.35. The lowest BCUT2D eigenvalue weighted by atomic mass is 10.0. The molecule has 86 valence electrons. The molecule has 0 fully saturated rings. The highest BCUT2D eigenvalue weighted by molar-refractivity contribution is 9.10. The van der Waals surface area contributed by atoms with Crippen molar-refractivity contribution in [1.29, 1.82) is 5.26 Å². The zero-order valence-electron chi connectivity index (χ0n) is 9.92. The highest BCUT2D eigenvalue weighted by Gasteiger charge is 2.15. The minimum Gasteiger partial charge on any atom is -0.296 e. The number of nitrogens with one attached hydrogen (secondary N) is 1. The van der Waals surface area contributed by atoms with Crippen LogP contribution in [-0.4, -0.2) is 6.04 Å². The molecule has 1 rings (SSSR count). The predicted octanol–water partition coefficient (Wildman–Crippen LogP) is 3.71. The molecular formula is C13H17BrN2. The molecule has 0 aliphatic carbocycles. The molecule has 0 radical (unpaired) electrons. The van der Waals surface area contributed by atoms with Crippen molar-refractivity contribution in [2.45, 2.75) is 39.3 Å². The van der Waals surface area contributed by atoms with Gasteiger partial charge in [0.15, 0.2) is 0 Å². The largest absolute Gasteiger partial charge is 0.296 e. The molecule has 0 saturated heterocycles. The van der Waals surface area contributed by atoms with Gasteiger partial charge in [0, 0.05) is 10.5 Å². The molecule has 16 heavy (non-hydrogen) atoms. The summed E-state index contributed by atoms with van der Waals surface area (Å²) >= 11 is 3.51. The first-order valence-corrected chi connectivity index (χ1v) is 6.29. The van der Waals surface area contributed by atoms with E-state index in [0.717, 1.165) is 16.5 Å². The maximum absolute atomic E-state index is 9.18. The van der Waals surface area contributed by atoms with Crippen LogP contribution >= 0.6 is 15.9 Å². The van der Waals surface area contributed by atoms with E-state index >= 15 is 0 Å². The lowest BCUT2D eigenvalue weighted by molar-refractivity contribution is 0.500. The molecule has 0 aromatic heterocycles. The van der Waals surface area contributed by atoms with Gasteiger partial charge in [-0.05, 0) is 37.5 Å². The van der Waals surface area contributed by atoms with Crippen LogP contribution in [0.15, 0.2) is 22.7 Å². The highest BCUT2D eigenvalue weighted by Crippen LogP contribution is 2.24. The fourth-order valence-corrected chi connectivity index (χ4v) is 2.19. The Morgan fingerprint density at radius 2 is 2.19 bits per heavy atom. The van der Waals surface area contributed by atoms with Crippen LogP contribution in [0.1, 0.15) is 37.4 Å². The van der Waals surface area contributed by atoms with E-state index in [9.17, 15) is 5.26 Å². The molecule has 3 heteroatoms. The van der Waals surface area contributed by atoms with Gasteiger partial charge >= 0.3 is 0 Å². The molecule has 0 aliphatic rings. The maximum atomic E-state index is 9.18. The fraction of sp³-hybridized carbons (Fsp3) is 0.462. The molecule has 2 unspecified atom stereocenters. The summed E-state index contributed by atoms with van der Waals surface area (Å²) in [5, 5.41) is 12.5. The second-order valence-corrected chi connectivity index (χ2v) is 4.92. The van der Waals surface area contributed by atoms with E-state index in [2.05, 4.69) is 41.2 Å². The second kappa shape index (κ2) is 6.03. The standard InChI is InChI=1S/C13H17BrN2/c1-4-10(3)16-13(8-15)11-6-5-9(2)7-12(11)14/h5-7,10,13,16H,4H2,1-3H3. The smallest absolute Gasteiger partial charge is 0.122 e. The molecule has 0 amide bonds. The average Bonchev–Trinajstić information content (AvgIpc) is 2.26. The quantitative estimate of drug-likeness (QED) is 0.913. The summed E-state index contributed by atoms with van der Waals surface area (Å²) in [6.07, 6.45) is 1.02. The van der Waals surface area contributed by atoms with Crippen molar-refractivity contribution >= 4 is 15.9 Å². The van der Waals surface area contributed by atoms with Crippen molar-refractivity contribution < 1.29 is 0 Å². The third-order valence-electron chi connectivity index (χ3n) is 2.66. The summed E-state index contributed by atoms with van der Waals surface area (Å²) in [5.41, 5.74) is 2.20. The van der Waals surface area contributed by atoms with Gasteiger partial charge in [0.25, 0.3) is 0 Å². The average molecular weight is 281 g/mol. The van der Waals surface area contributed by atoms with E-state index in [0.29, 0.717) is 6.04 Å². The van der Waals surface area contributed by atoms with Gasteiger partial charge in [-0.2, -0.15) is 5.26 Å². The van der Waals surface area contributed by atoms with Crippen molar-refractivity contribution in [1.82, 2.24) is 5.32 Å². The SMILES string of the molecule is CCC(C)NC(C#N)c1ccc(C)cc1Br. The second-order valence-electron chi connectivity index (χ2n) is 4.06. The van der Waals surface area contributed by atoms with Crippen molar-refractivity contribution in [2.24, 2.45) is 0 Å². The maximum Gasteiger partial charge on any atom is 0.122 e. The minimum absolute atomic E-state index is 0.245. The number of benzene rings is 1. The fourth-order valence-electron chi connectivity index (χ4n) is 1.47. The van der Waals surface area contributed by atoms with Gasteiger partial charge in [-0.3, -0.25) is 5.32 Å². The highest BCUT2D eigenvalue weighted by atomic mass is 79.9. The first kappa shape index (κ1) is 13.2. The summed E-state index contributed by atoms with van der Waals surface area (Å²) < 4.78 is 0.995. The Kier molecular flexibility index (Phi) is 4.98. The Labute approximate surface area is 106 Å². The summed E-state index contributed by atoms with van der Waals surface area (Å²) in [5.74, 6) is 0. The van der Waals surface area contributed by atoms with Crippen LogP contribution in [0.4, 0.5) is 0 Å². The van der Waals surface area contributed by atoms with E-state index in [1.54, 1.807) is 0 Å². The number of aryl methyl sites for hydroxylation is 1. The Bertz CT molecular complexity index is 395. The van der Waals surface area contributed by atoms with Gasteiger partial charge in [0.2, 0.25) is 0 Å². The Morgan fingerprint density at radius 1 is 1.50 bits per heavy atom. The van der Waals surface area contributed by atoms with Crippen LogP contribution < -0.4 is 5.32 Å². The lowest BCUT2D eigenvalue weighted by Crippen LogP contribution is -2.29. The molecule has 0 heterocycles. The first-order chi connectivity index (χ1) is 7.58. The van der Waals surface area contributed by atoms with Gasteiger partial charge < -0.3 is 0 Å². The molecule has 0 aliphatic heterocycles. The lowest BCUT2D eigenvalue weighted by Gasteiger charge is -2.18. The van der Waals surface area contributed by atoms with Crippen LogP contribution in [0.5, 0.6) is 0 Å². The molecular weight excluding hydrogens is 264 g/mol. The van der Waals surface area contributed by atoms with E-state index in [1.165, 1.54) is 5.56 Å². The zero-order valence-corrected chi connectivity index (χ0v) is 11.5. The molecule has 1 N–H and O–H groups in total. The van der Waals surface area contributed by atoms with E-state index in [1.807, 2.05) is 25.1 Å². The molecule has 0 spiro atoms. The molecule has 0 saturated carbocycles. The Morgan fingerprint density at radius 3 is 2.69 bits per heavy atom. The van der Waals surface area contributed by atoms with E-state index in [4.69, 9.17) is 0 Å². The van der Waals surface area contributed by atoms with Crippen molar-refractivity contribution in [3.05, 3.63) is 33.8 Å². The van der Waals surface area contributed by atoms with Crippen LogP contribution in [-0.2, 0) is 0 Å². The van der Waals surface area contributed by atoms with Crippen molar-refractivity contribution in [3.8, 4) is 6.07 Å². The summed E-state index contributed by atoms with van der Waals surface area (Å²) in [6.45, 7) is 6.24. The number of nitriles is 1. The third kappa shape index (κ3) is 3.33. The van der Waals surface area contributed by atoms with Crippen LogP contribution in [0.25, 0.3) is 0 Å². The number of hydrogen-bond donors (Lipinski definition) is 1. The Hall–Kier alpha value is -0.850. The number of rotatable bonds is 4. The number of nitrogens with zero attached hydrogens (tertiary/aromatic N) is 1. The number of hydrogen-bond acceptors (Lipinski definition) is 2. The minimum atomic E-state index is -0.245. The molecule has 2 nitrogen and oxygen atoms in total. The van der Waals surface area contributed by atoms with Crippen LogP contribution in [0.3, 0.4) is 0 Å².